The smallest absolute Gasteiger partial charge is 0.119 e. The van der Waals surface area contributed by atoms with Crippen molar-refractivity contribution in [2.75, 3.05) is 5.32 Å². The van der Waals surface area contributed by atoms with E-state index in [0.29, 0.717) is 10.6 Å². The minimum atomic E-state index is -0.0149. The number of aromatic hydroxyl groups is 2. The zero-order valence-electron chi connectivity index (χ0n) is 9.84. The van der Waals surface area contributed by atoms with Crippen LogP contribution >= 0.6 is 12.2 Å². The Bertz CT molecular complexity index is 576. The van der Waals surface area contributed by atoms with Gasteiger partial charge in [0.25, 0.3) is 0 Å². The molecular weight excluding hydrogens is 246 g/mol. The van der Waals surface area contributed by atoms with Gasteiger partial charge in [-0.05, 0) is 30.7 Å². The van der Waals surface area contributed by atoms with Gasteiger partial charge < -0.3 is 15.5 Å². The molecule has 2 aromatic rings. The summed E-state index contributed by atoms with van der Waals surface area (Å²) in [5.41, 5.74) is 2.56. The fourth-order valence-electron chi connectivity index (χ4n) is 1.63. The van der Waals surface area contributed by atoms with Crippen LogP contribution in [0.2, 0.25) is 0 Å². The molecule has 2 aromatic carbocycles. The molecule has 0 amide bonds. The first-order chi connectivity index (χ1) is 8.56. The molecule has 0 aliphatic heterocycles. The quantitative estimate of drug-likeness (QED) is 0.725. The number of anilines is 1. The molecule has 3 nitrogen and oxygen atoms in total. The Morgan fingerprint density at radius 2 is 1.67 bits per heavy atom. The molecule has 2 rings (SSSR count). The summed E-state index contributed by atoms with van der Waals surface area (Å²) in [5, 5.41) is 21.9. The molecule has 0 fully saturated rings. The fourth-order valence-corrected chi connectivity index (χ4v) is 1.86. The van der Waals surface area contributed by atoms with Crippen molar-refractivity contribution >= 4 is 22.9 Å². The van der Waals surface area contributed by atoms with Gasteiger partial charge >= 0.3 is 0 Å². The van der Waals surface area contributed by atoms with Crippen LogP contribution in [-0.4, -0.2) is 15.2 Å². The zero-order valence-corrected chi connectivity index (χ0v) is 10.7. The van der Waals surface area contributed by atoms with Gasteiger partial charge in [-0.2, -0.15) is 0 Å². The van der Waals surface area contributed by atoms with Gasteiger partial charge in [0, 0.05) is 17.3 Å². The van der Waals surface area contributed by atoms with E-state index in [1.807, 2.05) is 31.2 Å². The molecule has 4 heteroatoms. The number of hydrogen-bond donors (Lipinski definition) is 3. The van der Waals surface area contributed by atoms with E-state index in [4.69, 9.17) is 12.2 Å². The highest BCUT2D eigenvalue weighted by atomic mass is 32.1. The molecule has 0 saturated heterocycles. The normalized spacial score (nSPS) is 10.1. The predicted molar refractivity (Wildman–Crippen MR) is 76.3 cm³/mol. The molecule has 0 radical (unpaired) electrons. The molecular formula is C14H13NO2S. The summed E-state index contributed by atoms with van der Waals surface area (Å²) >= 11 is 5.25. The monoisotopic (exact) mass is 259 g/mol. The van der Waals surface area contributed by atoms with Gasteiger partial charge in [-0.15, -0.1) is 0 Å². The Hall–Kier alpha value is -2.07. The maximum atomic E-state index is 9.42. The molecule has 0 atom stereocenters. The number of benzene rings is 2. The summed E-state index contributed by atoms with van der Waals surface area (Å²) in [6.07, 6.45) is 0. The molecule has 0 unspecified atom stereocenters. The number of phenols is 2. The maximum absolute atomic E-state index is 9.42. The molecule has 3 N–H and O–H groups in total. The molecule has 18 heavy (non-hydrogen) atoms. The van der Waals surface area contributed by atoms with Crippen molar-refractivity contribution in [3.05, 3.63) is 53.6 Å². The van der Waals surface area contributed by atoms with Crippen LogP contribution in [0.3, 0.4) is 0 Å². The summed E-state index contributed by atoms with van der Waals surface area (Å²) in [6.45, 7) is 1.98. The lowest BCUT2D eigenvalue weighted by atomic mass is 10.1. The molecule has 0 aliphatic carbocycles. The van der Waals surface area contributed by atoms with Crippen LogP contribution in [0.15, 0.2) is 42.5 Å². The molecule has 92 valence electrons. The molecule has 0 aliphatic rings. The minimum absolute atomic E-state index is 0.0149. The van der Waals surface area contributed by atoms with Gasteiger partial charge in [-0.1, -0.05) is 30.4 Å². The number of aryl methyl sites for hydroxylation is 1. The summed E-state index contributed by atoms with van der Waals surface area (Å²) in [4.78, 5) is 0.454. The van der Waals surface area contributed by atoms with E-state index in [-0.39, 0.29) is 11.5 Å². The molecule has 0 spiro atoms. The first kappa shape index (κ1) is 12.4. The van der Waals surface area contributed by atoms with Crippen LogP contribution in [-0.2, 0) is 0 Å². The SMILES string of the molecule is Cc1ccccc1NC(=S)c1cc(O)cc(O)c1. The van der Waals surface area contributed by atoms with E-state index in [9.17, 15) is 10.2 Å². The van der Waals surface area contributed by atoms with Crippen LogP contribution in [0.25, 0.3) is 0 Å². The predicted octanol–water partition coefficient (Wildman–Crippen LogP) is 3.19. The Morgan fingerprint density at radius 3 is 2.28 bits per heavy atom. The third-order valence-electron chi connectivity index (χ3n) is 2.56. The van der Waals surface area contributed by atoms with Crippen molar-refractivity contribution in [1.82, 2.24) is 0 Å². The third-order valence-corrected chi connectivity index (χ3v) is 2.90. The Labute approximate surface area is 111 Å². The van der Waals surface area contributed by atoms with E-state index < -0.39 is 0 Å². The Kier molecular flexibility index (Phi) is 3.48. The van der Waals surface area contributed by atoms with Crippen molar-refractivity contribution < 1.29 is 10.2 Å². The van der Waals surface area contributed by atoms with Crippen molar-refractivity contribution in [1.29, 1.82) is 0 Å². The number of hydrogen-bond acceptors (Lipinski definition) is 3. The summed E-state index contributed by atoms with van der Waals surface area (Å²) < 4.78 is 0. The fraction of sp³-hybridized carbons (Fsp3) is 0.0714. The van der Waals surface area contributed by atoms with Crippen molar-refractivity contribution in [2.24, 2.45) is 0 Å². The largest absolute Gasteiger partial charge is 0.508 e. The van der Waals surface area contributed by atoms with Crippen LogP contribution in [0.4, 0.5) is 5.69 Å². The van der Waals surface area contributed by atoms with Crippen LogP contribution in [0.5, 0.6) is 11.5 Å². The topological polar surface area (TPSA) is 52.5 Å². The van der Waals surface area contributed by atoms with Gasteiger partial charge in [0.05, 0.1) is 0 Å². The number of rotatable bonds is 2. The number of phenolic OH excluding ortho intramolecular Hbond substituents is 2. The van der Waals surface area contributed by atoms with Crippen LogP contribution in [0, 0.1) is 6.92 Å². The highest BCUT2D eigenvalue weighted by Gasteiger charge is 2.06. The van der Waals surface area contributed by atoms with Crippen molar-refractivity contribution in [2.45, 2.75) is 6.92 Å². The molecule has 0 bridgehead atoms. The lowest BCUT2D eigenvalue weighted by Crippen LogP contribution is -2.11. The van der Waals surface area contributed by atoms with Crippen LogP contribution < -0.4 is 5.32 Å². The van der Waals surface area contributed by atoms with E-state index in [2.05, 4.69) is 5.32 Å². The zero-order chi connectivity index (χ0) is 13.1. The van der Waals surface area contributed by atoms with Gasteiger partial charge in [-0.3, -0.25) is 0 Å². The highest BCUT2D eigenvalue weighted by molar-refractivity contribution is 7.81. The van der Waals surface area contributed by atoms with Gasteiger partial charge in [0.15, 0.2) is 0 Å². The molecule has 0 saturated carbocycles. The maximum Gasteiger partial charge on any atom is 0.119 e. The second-order valence-electron chi connectivity index (χ2n) is 4.01. The third kappa shape index (κ3) is 2.78. The molecule has 0 aromatic heterocycles. The number of nitrogens with one attached hydrogen (secondary N) is 1. The standard InChI is InChI=1S/C14H13NO2S/c1-9-4-2-3-5-13(9)15-14(18)10-6-11(16)8-12(17)7-10/h2-8,16-17H,1H3,(H,15,18). The summed E-state index contributed by atoms with van der Waals surface area (Å²) in [7, 11) is 0. The molecule has 0 heterocycles. The first-order valence-electron chi connectivity index (χ1n) is 5.46. The first-order valence-corrected chi connectivity index (χ1v) is 5.87. The summed E-state index contributed by atoms with van der Waals surface area (Å²) in [6, 6.07) is 12.0. The second kappa shape index (κ2) is 5.06. The lowest BCUT2D eigenvalue weighted by Gasteiger charge is -2.11. The number of para-hydroxylation sites is 1. The van der Waals surface area contributed by atoms with E-state index in [0.717, 1.165) is 11.3 Å². The second-order valence-corrected chi connectivity index (χ2v) is 4.42. The van der Waals surface area contributed by atoms with E-state index >= 15 is 0 Å². The van der Waals surface area contributed by atoms with E-state index in [1.54, 1.807) is 0 Å². The van der Waals surface area contributed by atoms with Crippen molar-refractivity contribution in [3.63, 3.8) is 0 Å². The Morgan fingerprint density at radius 1 is 1.06 bits per heavy atom. The van der Waals surface area contributed by atoms with Gasteiger partial charge in [0.2, 0.25) is 0 Å². The number of thiocarbonyl (C=S) groups is 1. The van der Waals surface area contributed by atoms with Crippen molar-refractivity contribution in [3.8, 4) is 11.5 Å². The lowest BCUT2D eigenvalue weighted by molar-refractivity contribution is 0.450. The average molecular weight is 259 g/mol. The summed E-state index contributed by atoms with van der Waals surface area (Å²) in [5.74, 6) is -0.0298. The van der Waals surface area contributed by atoms with E-state index in [1.165, 1.54) is 18.2 Å². The highest BCUT2D eigenvalue weighted by Crippen LogP contribution is 2.22. The Balaban J connectivity index is 2.25. The van der Waals surface area contributed by atoms with Gasteiger partial charge in [-0.25, -0.2) is 0 Å². The minimum Gasteiger partial charge on any atom is -0.508 e. The average Bonchev–Trinajstić information content (AvgIpc) is 2.31. The van der Waals surface area contributed by atoms with Crippen LogP contribution in [0.1, 0.15) is 11.1 Å². The van der Waals surface area contributed by atoms with Gasteiger partial charge in [0.1, 0.15) is 16.5 Å².